The van der Waals surface area contributed by atoms with Crippen LogP contribution in [0.4, 0.5) is 10.5 Å². The molecule has 0 aliphatic rings. The molecule has 20 heavy (non-hydrogen) atoms. The molecule has 2 amide bonds. The molecule has 1 heterocycles. The minimum absolute atomic E-state index is 0.0620. The SMILES string of the molecule is CC(N)c1cccc(NC(=O)NCc2ccc(Cl)s2)c1. The van der Waals surface area contributed by atoms with Gasteiger partial charge in [-0.25, -0.2) is 4.79 Å². The predicted octanol–water partition coefficient (Wildman–Crippen LogP) is 3.74. The first-order chi connectivity index (χ1) is 9.54. The highest BCUT2D eigenvalue weighted by Crippen LogP contribution is 2.21. The van der Waals surface area contributed by atoms with E-state index >= 15 is 0 Å². The van der Waals surface area contributed by atoms with Gasteiger partial charge >= 0.3 is 6.03 Å². The number of anilines is 1. The molecule has 4 N–H and O–H groups in total. The van der Waals surface area contributed by atoms with E-state index in [1.54, 1.807) is 0 Å². The Morgan fingerprint density at radius 3 is 2.85 bits per heavy atom. The van der Waals surface area contributed by atoms with E-state index in [9.17, 15) is 4.79 Å². The predicted molar refractivity (Wildman–Crippen MR) is 84.2 cm³/mol. The lowest BCUT2D eigenvalue weighted by Gasteiger charge is -2.10. The summed E-state index contributed by atoms with van der Waals surface area (Å²) in [4.78, 5) is 12.8. The molecule has 0 spiro atoms. The zero-order valence-corrected chi connectivity index (χ0v) is 12.6. The highest BCUT2D eigenvalue weighted by atomic mass is 35.5. The molecule has 2 rings (SSSR count). The first kappa shape index (κ1) is 14.8. The summed E-state index contributed by atoms with van der Waals surface area (Å²) in [6.07, 6.45) is 0. The Labute approximate surface area is 126 Å². The second-order valence-corrected chi connectivity index (χ2v) is 6.23. The van der Waals surface area contributed by atoms with Crippen LogP contribution < -0.4 is 16.4 Å². The van der Waals surface area contributed by atoms with Crippen molar-refractivity contribution in [2.75, 3.05) is 5.32 Å². The Morgan fingerprint density at radius 2 is 2.20 bits per heavy atom. The molecule has 0 bridgehead atoms. The van der Waals surface area contributed by atoms with Gasteiger partial charge in [0.15, 0.2) is 0 Å². The van der Waals surface area contributed by atoms with Gasteiger partial charge in [0.1, 0.15) is 0 Å². The van der Waals surface area contributed by atoms with Crippen molar-refractivity contribution < 1.29 is 4.79 Å². The fourth-order valence-corrected chi connectivity index (χ4v) is 2.72. The maximum atomic E-state index is 11.8. The number of urea groups is 1. The van der Waals surface area contributed by atoms with Gasteiger partial charge in [-0.15, -0.1) is 11.3 Å². The van der Waals surface area contributed by atoms with Crippen LogP contribution in [0, 0.1) is 0 Å². The van der Waals surface area contributed by atoms with Crippen molar-refractivity contribution in [1.82, 2.24) is 5.32 Å². The van der Waals surface area contributed by atoms with Crippen LogP contribution in [0.15, 0.2) is 36.4 Å². The van der Waals surface area contributed by atoms with Gasteiger partial charge in [-0.05, 0) is 36.8 Å². The molecule has 0 radical (unpaired) electrons. The van der Waals surface area contributed by atoms with E-state index in [2.05, 4.69) is 10.6 Å². The maximum Gasteiger partial charge on any atom is 0.319 e. The van der Waals surface area contributed by atoms with E-state index < -0.39 is 0 Å². The van der Waals surface area contributed by atoms with Crippen molar-refractivity contribution in [2.45, 2.75) is 19.5 Å². The lowest BCUT2D eigenvalue weighted by Crippen LogP contribution is -2.27. The number of carbonyl (C=O) groups excluding carboxylic acids is 1. The van der Waals surface area contributed by atoms with Gasteiger partial charge in [-0.2, -0.15) is 0 Å². The Balaban J connectivity index is 1.89. The Morgan fingerprint density at radius 1 is 1.40 bits per heavy atom. The average Bonchev–Trinajstić information content (AvgIpc) is 2.82. The molecule has 0 fully saturated rings. The minimum Gasteiger partial charge on any atom is -0.333 e. The summed E-state index contributed by atoms with van der Waals surface area (Å²) in [7, 11) is 0. The van der Waals surface area contributed by atoms with Crippen LogP contribution in [0.5, 0.6) is 0 Å². The van der Waals surface area contributed by atoms with Crippen LogP contribution in [-0.4, -0.2) is 6.03 Å². The largest absolute Gasteiger partial charge is 0.333 e. The number of halogens is 1. The first-order valence-corrected chi connectivity index (χ1v) is 7.38. The third-order valence-corrected chi connectivity index (χ3v) is 3.95. The van der Waals surface area contributed by atoms with E-state index in [1.165, 1.54) is 11.3 Å². The first-order valence-electron chi connectivity index (χ1n) is 6.19. The molecule has 0 aliphatic heterocycles. The van der Waals surface area contributed by atoms with E-state index in [4.69, 9.17) is 17.3 Å². The quantitative estimate of drug-likeness (QED) is 0.805. The second-order valence-electron chi connectivity index (χ2n) is 4.43. The number of nitrogens with one attached hydrogen (secondary N) is 2. The number of carbonyl (C=O) groups is 1. The number of thiophene rings is 1. The summed E-state index contributed by atoms with van der Waals surface area (Å²) in [5.41, 5.74) is 7.51. The van der Waals surface area contributed by atoms with Crippen LogP contribution >= 0.6 is 22.9 Å². The lowest BCUT2D eigenvalue weighted by molar-refractivity contribution is 0.252. The standard InChI is InChI=1S/C14H16ClN3OS/c1-9(16)10-3-2-4-11(7-10)18-14(19)17-8-12-5-6-13(15)20-12/h2-7,9H,8,16H2,1H3,(H2,17,18,19). The normalized spacial score (nSPS) is 11.9. The molecule has 1 aromatic carbocycles. The van der Waals surface area contributed by atoms with Gasteiger partial charge < -0.3 is 16.4 Å². The molecular formula is C14H16ClN3OS. The van der Waals surface area contributed by atoms with Crippen molar-refractivity contribution in [3.8, 4) is 0 Å². The third kappa shape index (κ3) is 4.23. The topological polar surface area (TPSA) is 67.1 Å². The van der Waals surface area contributed by atoms with Crippen molar-refractivity contribution >= 4 is 34.7 Å². The minimum atomic E-state index is -0.253. The van der Waals surface area contributed by atoms with Gasteiger partial charge in [-0.3, -0.25) is 0 Å². The summed E-state index contributed by atoms with van der Waals surface area (Å²) in [5.74, 6) is 0. The highest BCUT2D eigenvalue weighted by Gasteiger charge is 2.05. The van der Waals surface area contributed by atoms with Crippen LogP contribution in [0.2, 0.25) is 4.34 Å². The second kappa shape index (κ2) is 6.74. The molecule has 6 heteroatoms. The number of hydrogen-bond donors (Lipinski definition) is 3. The molecule has 2 aromatic rings. The Bertz CT molecular complexity index is 598. The zero-order chi connectivity index (χ0) is 14.5. The Kier molecular flexibility index (Phi) is 5.00. The smallest absolute Gasteiger partial charge is 0.319 e. The molecule has 0 saturated heterocycles. The van der Waals surface area contributed by atoms with Crippen molar-refractivity contribution in [2.24, 2.45) is 5.73 Å². The van der Waals surface area contributed by atoms with Gasteiger partial charge in [-0.1, -0.05) is 23.7 Å². The van der Waals surface area contributed by atoms with Gasteiger partial charge in [0.05, 0.1) is 10.9 Å². The Hall–Kier alpha value is -1.56. The highest BCUT2D eigenvalue weighted by molar-refractivity contribution is 7.16. The molecule has 4 nitrogen and oxygen atoms in total. The van der Waals surface area contributed by atoms with Crippen molar-refractivity contribution in [3.63, 3.8) is 0 Å². The summed E-state index contributed by atoms with van der Waals surface area (Å²) < 4.78 is 0.715. The van der Waals surface area contributed by atoms with Crippen LogP contribution in [0.25, 0.3) is 0 Å². The molecule has 0 aliphatic carbocycles. The molecule has 1 unspecified atom stereocenters. The monoisotopic (exact) mass is 309 g/mol. The summed E-state index contributed by atoms with van der Waals surface area (Å²) in [6.45, 7) is 2.36. The number of rotatable bonds is 4. The number of amides is 2. The fraction of sp³-hybridized carbons (Fsp3) is 0.214. The lowest BCUT2D eigenvalue weighted by atomic mass is 10.1. The molecule has 0 saturated carbocycles. The van der Waals surface area contributed by atoms with Crippen molar-refractivity contribution in [3.05, 3.63) is 51.2 Å². The fourth-order valence-electron chi connectivity index (χ4n) is 1.69. The number of nitrogens with two attached hydrogens (primary N) is 1. The van der Waals surface area contributed by atoms with E-state index in [0.29, 0.717) is 10.9 Å². The molecule has 1 atom stereocenters. The zero-order valence-electron chi connectivity index (χ0n) is 11.0. The number of hydrogen-bond acceptors (Lipinski definition) is 3. The summed E-state index contributed by atoms with van der Waals surface area (Å²) >= 11 is 7.28. The van der Waals surface area contributed by atoms with Crippen LogP contribution in [0.1, 0.15) is 23.4 Å². The van der Waals surface area contributed by atoms with E-state index in [0.717, 1.165) is 16.1 Å². The van der Waals surface area contributed by atoms with E-state index in [-0.39, 0.29) is 12.1 Å². The average molecular weight is 310 g/mol. The van der Waals surface area contributed by atoms with E-state index in [1.807, 2.05) is 43.3 Å². The van der Waals surface area contributed by atoms with Gasteiger partial charge in [0.25, 0.3) is 0 Å². The third-order valence-electron chi connectivity index (χ3n) is 2.72. The summed E-state index contributed by atoms with van der Waals surface area (Å²) in [6, 6.07) is 10.9. The van der Waals surface area contributed by atoms with Crippen LogP contribution in [0.3, 0.4) is 0 Å². The number of benzene rings is 1. The summed E-state index contributed by atoms with van der Waals surface area (Å²) in [5, 5.41) is 5.56. The van der Waals surface area contributed by atoms with Crippen LogP contribution in [-0.2, 0) is 6.54 Å². The molecular weight excluding hydrogens is 294 g/mol. The van der Waals surface area contributed by atoms with Crippen molar-refractivity contribution in [1.29, 1.82) is 0 Å². The van der Waals surface area contributed by atoms with Gasteiger partial charge in [0.2, 0.25) is 0 Å². The van der Waals surface area contributed by atoms with Gasteiger partial charge in [0, 0.05) is 16.6 Å². The molecule has 106 valence electrons. The maximum absolute atomic E-state index is 11.8. The molecule has 1 aromatic heterocycles.